The maximum absolute atomic E-state index is 9.70. The largest absolute Gasteiger partial charge is 0.390 e. The summed E-state index contributed by atoms with van der Waals surface area (Å²) in [5.74, 6) is 0. The summed E-state index contributed by atoms with van der Waals surface area (Å²) in [4.78, 5) is 0. The van der Waals surface area contributed by atoms with E-state index in [9.17, 15) is 5.11 Å². The van der Waals surface area contributed by atoms with E-state index in [1.165, 1.54) is 6.42 Å². The molecule has 1 fully saturated rings. The van der Waals surface area contributed by atoms with E-state index in [1.807, 2.05) is 13.8 Å². The van der Waals surface area contributed by atoms with Crippen LogP contribution in [-0.2, 0) is 9.47 Å². The van der Waals surface area contributed by atoms with Crippen LogP contribution in [0, 0.1) is 0 Å². The summed E-state index contributed by atoms with van der Waals surface area (Å²) in [6.07, 6.45) is 4.84. The van der Waals surface area contributed by atoms with Gasteiger partial charge in [-0.3, -0.25) is 0 Å². The van der Waals surface area contributed by atoms with E-state index in [1.54, 1.807) is 7.11 Å². The molecule has 0 aromatic heterocycles. The molecule has 2 unspecified atom stereocenters. The molecule has 2 atom stereocenters. The van der Waals surface area contributed by atoms with E-state index >= 15 is 0 Å². The smallest absolute Gasteiger partial charge is 0.0833 e. The van der Waals surface area contributed by atoms with Crippen LogP contribution >= 0.6 is 0 Å². The van der Waals surface area contributed by atoms with Gasteiger partial charge in [-0.2, -0.15) is 0 Å². The zero-order chi connectivity index (χ0) is 11.3. The first-order valence-electron chi connectivity index (χ1n) is 5.90. The van der Waals surface area contributed by atoms with E-state index in [0.29, 0.717) is 6.61 Å². The van der Waals surface area contributed by atoms with Gasteiger partial charge in [0.1, 0.15) is 0 Å². The van der Waals surface area contributed by atoms with E-state index < -0.39 is 0 Å². The van der Waals surface area contributed by atoms with Crippen molar-refractivity contribution in [1.82, 2.24) is 0 Å². The summed E-state index contributed by atoms with van der Waals surface area (Å²) in [7, 11) is 1.72. The van der Waals surface area contributed by atoms with Crippen LogP contribution in [0.2, 0.25) is 0 Å². The number of aliphatic hydroxyl groups excluding tert-OH is 1. The molecule has 1 rings (SSSR count). The van der Waals surface area contributed by atoms with Crippen LogP contribution in [0.5, 0.6) is 0 Å². The Labute approximate surface area is 92.8 Å². The second kappa shape index (κ2) is 5.83. The number of methoxy groups -OCH3 is 1. The van der Waals surface area contributed by atoms with Crippen LogP contribution in [0.3, 0.4) is 0 Å². The average Bonchev–Trinajstić information content (AvgIpc) is 2.21. The summed E-state index contributed by atoms with van der Waals surface area (Å²) in [5, 5.41) is 9.70. The Morgan fingerprint density at radius 2 is 1.93 bits per heavy atom. The summed E-state index contributed by atoms with van der Waals surface area (Å²) < 4.78 is 11.0. The van der Waals surface area contributed by atoms with Gasteiger partial charge in [0.05, 0.1) is 17.8 Å². The number of rotatable bonds is 5. The van der Waals surface area contributed by atoms with Gasteiger partial charge in [-0.25, -0.2) is 0 Å². The molecule has 0 bridgehead atoms. The van der Waals surface area contributed by atoms with E-state index in [4.69, 9.17) is 9.47 Å². The molecular formula is C12H24O3. The van der Waals surface area contributed by atoms with Crippen LogP contribution in [0.25, 0.3) is 0 Å². The first-order valence-corrected chi connectivity index (χ1v) is 5.90. The third-order valence-electron chi connectivity index (χ3n) is 3.26. The number of ether oxygens (including phenoxy) is 2. The van der Waals surface area contributed by atoms with E-state index in [0.717, 1.165) is 25.7 Å². The Morgan fingerprint density at radius 1 is 1.27 bits per heavy atom. The van der Waals surface area contributed by atoms with Gasteiger partial charge >= 0.3 is 0 Å². The molecular weight excluding hydrogens is 192 g/mol. The molecule has 1 N–H and O–H groups in total. The van der Waals surface area contributed by atoms with Crippen molar-refractivity contribution in [2.24, 2.45) is 0 Å². The highest BCUT2D eigenvalue weighted by molar-refractivity contribution is 4.75. The quantitative estimate of drug-likeness (QED) is 0.765. The van der Waals surface area contributed by atoms with Crippen LogP contribution in [0.4, 0.5) is 0 Å². The van der Waals surface area contributed by atoms with Crippen molar-refractivity contribution in [2.75, 3.05) is 13.7 Å². The van der Waals surface area contributed by atoms with Gasteiger partial charge in [-0.05, 0) is 33.1 Å². The molecule has 0 aliphatic heterocycles. The van der Waals surface area contributed by atoms with E-state index in [-0.39, 0.29) is 17.8 Å². The third-order valence-corrected chi connectivity index (χ3v) is 3.26. The Balaban J connectivity index is 2.19. The SMILES string of the molecule is COC(C)(C)CCOC1CCCCC1O. The van der Waals surface area contributed by atoms with Gasteiger partial charge in [-0.15, -0.1) is 0 Å². The minimum atomic E-state index is -0.260. The van der Waals surface area contributed by atoms with Crippen molar-refractivity contribution >= 4 is 0 Å². The second-order valence-corrected chi connectivity index (χ2v) is 4.97. The lowest BCUT2D eigenvalue weighted by molar-refractivity contribution is -0.0786. The van der Waals surface area contributed by atoms with Gasteiger partial charge < -0.3 is 14.6 Å². The van der Waals surface area contributed by atoms with Gasteiger partial charge in [0.25, 0.3) is 0 Å². The van der Waals surface area contributed by atoms with Crippen molar-refractivity contribution in [3.05, 3.63) is 0 Å². The third kappa shape index (κ3) is 4.49. The lowest BCUT2D eigenvalue weighted by Gasteiger charge is -2.29. The predicted molar refractivity (Wildman–Crippen MR) is 59.9 cm³/mol. The van der Waals surface area contributed by atoms with Crippen LogP contribution in [0.15, 0.2) is 0 Å². The Bertz CT molecular complexity index is 180. The minimum Gasteiger partial charge on any atom is -0.390 e. The Hall–Kier alpha value is -0.120. The molecule has 1 saturated carbocycles. The molecule has 0 saturated heterocycles. The number of hydrogen-bond acceptors (Lipinski definition) is 3. The summed E-state index contributed by atoms with van der Waals surface area (Å²) in [6.45, 7) is 4.77. The monoisotopic (exact) mass is 216 g/mol. The summed E-state index contributed by atoms with van der Waals surface area (Å²) in [5.41, 5.74) is -0.125. The van der Waals surface area contributed by atoms with Crippen molar-refractivity contribution in [2.45, 2.75) is 63.8 Å². The standard InChI is InChI=1S/C12H24O3/c1-12(2,14-3)8-9-15-11-7-5-4-6-10(11)13/h10-11,13H,4-9H2,1-3H3. The first-order chi connectivity index (χ1) is 7.05. The molecule has 0 heterocycles. The average molecular weight is 216 g/mol. The van der Waals surface area contributed by atoms with Crippen LogP contribution in [-0.4, -0.2) is 36.6 Å². The van der Waals surface area contributed by atoms with E-state index in [2.05, 4.69) is 0 Å². The van der Waals surface area contributed by atoms with Crippen LogP contribution < -0.4 is 0 Å². The zero-order valence-corrected chi connectivity index (χ0v) is 10.2. The molecule has 0 aromatic rings. The molecule has 0 spiro atoms. The zero-order valence-electron chi connectivity index (χ0n) is 10.2. The molecule has 0 aromatic carbocycles. The van der Waals surface area contributed by atoms with Crippen molar-refractivity contribution < 1.29 is 14.6 Å². The molecule has 0 amide bonds. The highest BCUT2D eigenvalue weighted by Gasteiger charge is 2.24. The highest BCUT2D eigenvalue weighted by atomic mass is 16.5. The van der Waals surface area contributed by atoms with Crippen molar-refractivity contribution in [1.29, 1.82) is 0 Å². The van der Waals surface area contributed by atoms with Gasteiger partial charge in [0, 0.05) is 13.7 Å². The maximum Gasteiger partial charge on any atom is 0.0833 e. The predicted octanol–water partition coefficient (Wildman–Crippen LogP) is 2.12. The minimum absolute atomic E-state index is 0.0476. The molecule has 3 nitrogen and oxygen atoms in total. The normalized spacial score (nSPS) is 28.0. The second-order valence-electron chi connectivity index (χ2n) is 4.97. The fourth-order valence-corrected chi connectivity index (χ4v) is 1.83. The topological polar surface area (TPSA) is 38.7 Å². The summed E-state index contributed by atoms with van der Waals surface area (Å²) >= 11 is 0. The molecule has 0 radical (unpaired) electrons. The van der Waals surface area contributed by atoms with Gasteiger partial charge in [-0.1, -0.05) is 12.8 Å². The fourth-order valence-electron chi connectivity index (χ4n) is 1.83. The Morgan fingerprint density at radius 3 is 2.53 bits per heavy atom. The Kier molecular flexibility index (Phi) is 5.03. The van der Waals surface area contributed by atoms with Crippen molar-refractivity contribution in [3.8, 4) is 0 Å². The van der Waals surface area contributed by atoms with Crippen molar-refractivity contribution in [3.63, 3.8) is 0 Å². The first kappa shape index (κ1) is 12.9. The molecule has 1 aliphatic carbocycles. The molecule has 90 valence electrons. The lowest BCUT2D eigenvalue weighted by atomic mass is 9.95. The highest BCUT2D eigenvalue weighted by Crippen LogP contribution is 2.22. The molecule has 3 heteroatoms. The lowest BCUT2D eigenvalue weighted by Crippen LogP contribution is -2.34. The fraction of sp³-hybridized carbons (Fsp3) is 1.00. The number of aliphatic hydroxyl groups is 1. The summed E-state index contributed by atoms with van der Waals surface area (Å²) in [6, 6.07) is 0. The maximum atomic E-state index is 9.70. The van der Waals surface area contributed by atoms with Gasteiger partial charge in [0.15, 0.2) is 0 Å². The molecule has 1 aliphatic rings. The number of hydrogen-bond donors (Lipinski definition) is 1. The molecule has 15 heavy (non-hydrogen) atoms. The van der Waals surface area contributed by atoms with Gasteiger partial charge in [0.2, 0.25) is 0 Å². The van der Waals surface area contributed by atoms with Crippen LogP contribution in [0.1, 0.15) is 46.0 Å².